The predicted molar refractivity (Wildman–Crippen MR) is 64.3 cm³/mol. The van der Waals surface area contributed by atoms with Gasteiger partial charge in [0.05, 0.1) is 12.5 Å². The number of rotatable bonds is 5. The van der Waals surface area contributed by atoms with Crippen molar-refractivity contribution in [1.29, 1.82) is 0 Å². The second-order valence-corrected chi connectivity index (χ2v) is 5.36. The summed E-state index contributed by atoms with van der Waals surface area (Å²) in [5.74, 6) is -0.273. The maximum atomic E-state index is 11.6. The second-order valence-electron chi connectivity index (χ2n) is 4.83. The molecule has 0 saturated carbocycles. The van der Waals surface area contributed by atoms with Crippen molar-refractivity contribution in [2.24, 2.45) is 0 Å². The monoisotopic (exact) mass is 251 g/mol. The molecule has 0 spiro atoms. The third-order valence-corrected chi connectivity index (χ3v) is 2.50. The topological polar surface area (TPSA) is 38.8 Å². The SMILES string of the molecule is CO[C@H](CC(=O)OC(C)(C)C)[C@H](C)N(C)Cl. The highest BCUT2D eigenvalue weighted by molar-refractivity contribution is 6.13. The molecule has 0 aromatic heterocycles. The van der Waals surface area contributed by atoms with Crippen LogP contribution in [0.15, 0.2) is 0 Å². The summed E-state index contributed by atoms with van der Waals surface area (Å²) in [7, 11) is 3.29. The summed E-state index contributed by atoms with van der Waals surface area (Å²) in [4.78, 5) is 11.6. The van der Waals surface area contributed by atoms with Crippen molar-refractivity contribution in [1.82, 2.24) is 4.42 Å². The summed E-state index contributed by atoms with van der Waals surface area (Å²) in [5, 5.41) is 0. The summed E-state index contributed by atoms with van der Waals surface area (Å²) >= 11 is 5.82. The number of methoxy groups -OCH3 is 1. The first-order valence-electron chi connectivity index (χ1n) is 5.30. The lowest BCUT2D eigenvalue weighted by Gasteiger charge is -2.27. The highest BCUT2D eigenvalue weighted by atomic mass is 35.5. The van der Waals surface area contributed by atoms with Crippen LogP contribution >= 0.6 is 11.8 Å². The van der Waals surface area contributed by atoms with Gasteiger partial charge in [-0.25, -0.2) is 4.42 Å². The van der Waals surface area contributed by atoms with Crippen LogP contribution in [0.25, 0.3) is 0 Å². The fourth-order valence-electron chi connectivity index (χ4n) is 1.23. The molecule has 16 heavy (non-hydrogen) atoms. The summed E-state index contributed by atoms with van der Waals surface area (Å²) < 4.78 is 11.9. The molecule has 0 aromatic rings. The Morgan fingerprint density at radius 3 is 2.25 bits per heavy atom. The molecular weight excluding hydrogens is 230 g/mol. The van der Waals surface area contributed by atoms with E-state index in [1.807, 2.05) is 27.7 Å². The summed E-state index contributed by atoms with van der Waals surface area (Å²) in [6, 6.07) is -0.0563. The van der Waals surface area contributed by atoms with E-state index in [9.17, 15) is 4.79 Å². The Kier molecular flexibility index (Phi) is 6.30. The Bertz CT molecular complexity index is 226. The van der Waals surface area contributed by atoms with Gasteiger partial charge in [-0.1, -0.05) is 0 Å². The van der Waals surface area contributed by atoms with E-state index in [-0.39, 0.29) is 24.5 Å². The lowest BCUT2D eigenvalue weighted by Crippen LogP contribution is -2.38. The van der Waals surface area contributed by atoms with Crippen LogP contribution < -0.4 is 0 Å². The number of halogens is 1. The molecule has 0 rings (SSSR count). The van der Waals surface area contributed by atoms with Crippen LogP contribution in [0, 0.1) is 0 Å². The van der Waals surface area contributed by atoms with Gasteiger partial charge in [0.2, 0.25) is 0 Å². The molecule has 0 fully saturated rings. The molecule has 0 unspecified atom stereocenters. The molecule has 0 heterocycles. The fourth-order valence-corrected chi connectivity index (χ4v) is 1.35. The highest BCUT2D eigenvalue weighted by Gasteiger charge is 2.25. The number of esters is 1. The fraction of sp³-hybridized carbons (Fsp3) is 0.909. The van der Waals surface area contributed by atoms with Gasteiger partial charge in [-0.2, -0.15) is 0 Å². The average Bonchev–Trinajstić information content (AvgIpc) is 2.09. The van der Waals surface area contributed by atoms with E-state index >= 15 is 0 Å². The molecule has 0 aliphatic carbocycles. The zero-order valence-electron chi connectivity index (χ0n) is 10.9. The number of ether oxygens (including phenoxy) is 2. The number of hydrogen-bond acceptors (Lipinski definition) is 4. The molecule has 4 nitrogen and oxygen atoms in total. The molecular formula is C11H22ClNO3. The molecule has 0 N–H and O–H groups in total. The van der Waals surface area contributed by atoms with Crippen molar-refractivity contribution in [2.75, 3.05) is 14.2 Å². The second kappa shape index (κ2) is 6.42. The standard InChI is InChI=1S/C11H22ClNO3/c1-8(13(5)12)9(15-6)7-10(14)16-11(2,3)4/h8-9H,7H2,1-6H3/t8-,9+/m0/s1. The molecule has 0 bridgehead atoms. The molecule has 0 saturated heterocycles. The largest absolute Gasteiger partial charge is 0.460 e. The minimum absolute atomic E-state index is 0.0563. The van der Waals surface area contributed by atoms with E-state index < -0.39 is 5.60 Å². The first-order chi connectivity index (χ1) is 7.17. The summed E-state index contributed by atoms with van der Waals surface area (Å²) in [6.07, 6.45) is -0.0659. The average molecular weight is 252 g/mol. The van der Waals surface area contributed by atoms with Gasteiger partial charge in [-0.05, 0) is 39.5 Å². The van der Waals surface area contributed by atoms with Crippen LogP contribution in [0.5, 0.6) is 0 Å². The van der Waals surface area contributed by atoms with Crippen molar-refractivity contribution >= 4 is 17.7 Å². The lowest BCUT2D eigenvalue weighted by molar-refractivity contribution is -0.158. The molecule has 2 atom stereocenters. The van der Waals surface area contributed by atoms with E-state index in [2.05, 4.69) is 0 Å². The Morgan fingerprint density at radius 2 is 1.94 bits per heavy atom. The minimum atomic E-state index is -0.467. The third kappa shape index (κ3) is 6.30. The van der Waals surface area contributed by atoms with Crippen LogP contribution in [0.1, 0.15) is 34.1 Å². The van der Waals surface area contributed by atoms with Crippen molar-refractivity contribution in [3.05, 3.63) is 0 Å². The smallest absolute Gasteiger partial charge is 0.309 e. The summed E-state index contributed by atoms with van der Waals surface area (Å²) in [5.41, 5.74) is -0.467. The molecule has 0 aliphatic rings. The number of carbonyl (C=O) groups excluding carboxylic acids is 1. The van der Waals surface area contributed by atoms with Crippen LogP contribution in [0.2, 0.25) is 0 Å². The van der Waals surface area contributed by atoms with Gasteiger partial charge in [-0.15, -0.1) is 0 Å². The van der Waals surface area contributed by atoms with Gasteiger partial charge in [0.25, 0.3) is 0 Å². The van der Waals surface area contributed by atoms with Gasteiger partial charge in [0.1, 0.15) is 5.60 Å². The molecule has 5 heteroatoms. The maximum Gasteiger partial charge on any atom is 0.309 e. The van der Waals surface area contributed by atoms with Crippen molar-refractivity contribution < 1.29 is 14.3 Å². The molecule has 0 aliphatic heterocycles. The van der Waals surface area contributed by atoms with E-state index in [0.29, 0.717) is 0 Å². The van der Waals surface area contributed by atoms with Crippen LogP contribution in [0.3, 0.4) is 0 Å². The Hall–Kier alpha value is -0.320. The summed E-state index contributed by atoms with van der Waals surface area (Å²) in [6.45, 7) is 7.41. The maximum absolute atomic E-state index is 11.6. The first-order valence-corrected chi connectivity index (χ1v) is 5.64. The van der Waals surface area contributed by atoms with Gasteiger partial charge >= 0.3 is 5.97 Å². The van der Waals surface area contributed by atoms with E-state index in [0.717, 1.165) is 0 Å². The van der Waals surface area contributed by atoms with Crippen LogP contribution in [-0.2, 0) is 14.3 Å². The molecule has 0 radical (unpaired) electrons. The van der Waals surface area contributed by atoms with Gasteiger partial charge in [-0.3, -0.25) is 4.79 Å². The number of carbonyl (C=O) groups is 1. The first kappa shape index (κ1) is 15.7. The zero-order chi connectivity index (χ0) is 12.9. The van der Waals surface area contributed by atoms with Gasteiger partial charge in [0, 0.05) is 20.2 Å². The van der Waals surface area contributed by atoms with Crippen LogP contribution in [-0.4, -0.2) is 42.3 Å². The lowest BCUT2D eigenvalue weighted by atomic mass is 10.1. The van der Waals surface area contributed by atoms with E-state index in [1.54, 1.807) is 14.2 Å². The van der Waals surface area contributed by atoms with E-state index in [1.165, 1.54) is 4.42 Å². The van der Waals surface area contributed by atoms with Crippen molar-refractivity contribution in [3.8, 4) is 0 Å². The van der Waals surface area contributed by atoms with Crippen molar-refractivity contribution in [3.63, 3.8) is 0 Å². The van der Waals surface area contributed by atoms with Gasteiger partial charge in [0.15, 0.2) is 0 Å². The molecule has 0 aromatic carbocycles. The Morgan fingerprint density at radius 1 is 1.44 bits per heavy atom. The minimum Gasteiger partial charge on any atom is -0.460 e. The zero-order valence-corrected chi connectivity index (χ0v) is 11.7. The molecule has 96 valence electrons. The number of nitrogens with zero attached hydrogens (tertiary/aromatic N) is 1. The molecule has 0 amide bonds. The highest BCUT2D eigenvalue weighted by Crippen LogP contribution is 2.15. The number of hydrogen-bond donors (Lipinski definition) is 0. The number of likely N-dealkylation sites (N-methyl/N-ethyl adjacent to an activating group) is 1. The van der Waals surface area contributed by atoms with E-state index in [4.69, 9.17) is 21.3 Å². The Labute approximate surface area is 103 Å². The predicted octanol–water partition coefficient (Wildman–Crippen LogP) is 2.21. The Balaban J connectivity index is 4.28. The normalized spacial score (nSPS) is 16.0. The van der Waals surface area contributed by atoms with Crippen LogP contribution in [0.4, 0.5) is 0 Å². The third-order valence-electron chi connectivity index (χ3n) is 2.19. The van der Waals surface area contributed by atoms with Gasteiger partial charge < -0.3 is 9.47 Å². The van der Waals surface area contributed by atoms with Crippen molar-refractivity contribution in [2.45, 2.75) is 51.9 Å². The quantitative estimate of drug-likeness (QED) is 0.555.